The smallest absolute Gasteiger partial charge is 0.210 e. The van der Waals surface area contributed by atoms with Crippen molar-refractivity contribution in [1.82, 2.24) is 14.8 Å². The van der Waals surface area contributed by atoms with Crippen LogP contribution >= 0.6 is 11.3 Å². The molecule has 0 radical (unpaired) electrons. The van der Waals surface area contributed by atoms with Gasteiger partial charge in [0.2, 0.25) is 5.13 Å². The Morgan fingerprint density at radius 2 is 2.45 bits per heavy atom. The van der Waals surface area contributed by atoms with E-state index in [-0.39, 0.29) is 0 Å². The van der Waals surface area contributed by atoms with Gasteiger partial charge in [0, 0.05) is 17.8 Å². The van der Waals surface area contributed by atoms with Crippen LogP contribution < -0.4 is 0 Å². The van der Waals surface area contributed by atoms with Gasteiger partial charge >= 0.3 is 0 Å². The van der Waals surface area contributed by atoms with Crippen LogP contribution in [-0.2, 0) is 0 Å². The molecular formula is C7H7N3S. The summed E-state index contributed by atoms with van der Waals surface area (Å²) >= 11 is 1.58. The first-order chi connectivity index (χ1) is 5.36. The van der Waals surface area contributed by atoms with Crippen LogP contribution in [0.1, 0.15) is 5.56 Å². The van der Waals surface area contributed by atoms with Crippen LogP contribution in [0.15, 0.2) is 24.0 Å². The minimum absolute atomic E-state index is 0.915. The molecule has 0 aliphatic rings. The fourth-order valence-corrected chi connectivity index (χ4v) is 1.42. The monoisotopic (exact) mass is 165 g/mol. The second-order valence-electron chi connectivity index (χ2n) is 2.28. The van der Waals surface area contributed by atoms with Crippen molar-refractivity contribution in [1.29, 1.82) is 0 Å². The van der Waals surface area contributed by atoms with Crippen LogP contribution in [-0.4, -0.2) is 14.8 Å². The van der Waals surface area contributed by atoms with E-state index in [2.05, 4.69) is 10.1 Å². The summed E-state index contributed by atoms with van der Waals surface area (Å²) in [5.74, 6) is 0. The largest absolute Gasteiger partial charge is 0.227 e. The summed E-state index contributed by atoms with van der Waals surface area (Å²) in [6.45, 7) is 2.01. The Morgan fingerprint density at radius 1 is 1.55 bits per heavy atom. The Morgan fingerprint density at radius 3 is 3.00 bits per heavy atom. The molecule has 0 spiro atoms. The molecule has 0 saturated heterocycles. The molecule has 0 saturated carbocycles. The summed E-state index contributed by atoms with van der Waals surface area (Å²) < 4.78 is 1.78. The highest BCUT2D eigenvalue weighted by atomic mass is 32.1. The van der Waals surface area contributed by atoms with Gasteiger partial charge in [-0.25, -0.2) is 9.67 Å². The van der Waals surface area contributed by atoms with Crippen molar-refractivity contribution in [3.05, 3.63) is 29.5 Å². The third-order valence-electron chi connectivity index (χ3n) is 1.33. The maximum atomic E-state index is 4.12. The standard InChI is InChI=1S/C7H7N3S/c1-6-4-9-10(5-6)7-8-2-3-11-7/h2-5H,1H3. The highest BCUT2D eigenvalue weighted by molar-refractivity contribution is 7.12. The summed E-state index contributed by atoms with van der Waals surface area (Å²) in [5, 5.41) is 6.97. The minimum Gasteiger partial charge on any atom is -0.227 e. The predicted octanol–water partition coefficient (Wildman–Crippen LogP) is 1.64. The van der Waals surface area contributed by atoms with Crippen molar-refractivity contribution in [2.75, 3.05) is 0 Å². The second-order valence-corrected chi connectivity index (χ2v) is 3.15. The van der Waals surface area contributed by atoms with Crippen molar-refractivity contribution >= 4 is 11.3 Å². The van der Waals surface area contributed by atoms with Gasteiger partial charge in [0.05, 0.1) is 6.20 Å². The molecule has 0 amide bonds. The van der Waals surface area contributed by atoms with E-state index in [1.54, 1.807) is 22.2 Å². The van der Waals surface area contributed by atoms with Gasteiger partial charge in [0.25, 0.3) is 0 Å². The highest BCUT2D eigenvalue weighted by Gasteiger charge is 1.98. The average Bonchev–Trinajstić information content (AvgIpc) is 2.55. The lowest BCUT2D eigenvalue weighted by Gasteiger charge is -1.90. The first kappa shape index (κ1) is 6.54. The normalized spacial score (nSPS) is 10.3. The Kier molecular flexibility index (Phi) is 1.47. The number of aryl methyl sites for hydroxylation is 1. The first-order valence-electron chi connectivity index (χ1n) is 3.27. The zero-order valence-electron chi connectivity index (χ0n) is 6.06. The molecule has 3 nitrogen and oxygen atoms in total. The van der Waals surface area contributed by atoms with E-state index in [0.29, 0.717) is 0 Å². The number of aromatic nitrogens is 3. The predicted molar refractivity (Wildman–Crippen MR) is 44.0 cm³/mol. The molecule has 0 aliphatic carbocycles. The molecular weight excluding hydrogens is 158 g/mol. The van der Waals surface area contributed by atoms with Crippen LogP contribution in [0, 0.1) is 6.92 Å². The zero-order chi connectivity index (χ0) is 7.68. The molecule has 0 aliphatic heterocycles. The number of hydrogen-bond donors (Lipinski definition) is 0. The van der Waals surface area contributed by atoms with Gasteiger partial charge in [0.15, 0.2) is 0 Å². The second kappa shape index (κ2) is 2.47. The van der Waals surface area contributed by atoms with Gasteiger partial charge < -0.3 is 0 Å². The van der Waals surface area contributed by atoms with E-state index in [1.165, 1.54) is 0 Å². The number of nitrogens with zero attached hydrogens (tertiary/aromatic N) is 3. The van der Waals surface area contributed by atoms with E-state index in [0.717, 1.165) is 10.7 Å². The van der Waals surface area contributed by atoms with Gasteiger partial charge in [-0.2, -0.15) is 5.10 Å². The Hall–Kier alpha value is -1.16. The molecule has 0 unspecified atom stereocenters. The van der Waals surface area contributed by atoms with Crippen molar-refractivity contribution in [3.8, 4) is 5.13 Å². The van der Waals surface area contributed by atoms with E-state index >= 15 is 0 Å². The molecule has 11 heavy (non-hydrogen) atoms. The summed E-state index contributed by atoms with van der Waals surface area (Å²) in [6.07, 6.45) is 5.55. The van der Waals surface area contributed by atoms with Gasteiger partial charge in [-0.15, -0.1) is 11.3 Å². The molecule has 0 bridgehead atoms. The van der Waals surface area contributed by atoms with Crippen LogP contribution in [0.5, 0.6) is 0 Å². The Labute approximate surface area is 68.3 Å². The zero-order valence-corrected chi connectivity index (χ0v) is 6.88. The van der Waals surface area contributed by atoms with Gasteiger partial charge in [0.1, 0.15) is 0 Å². The lowest BCUT2D eigenvalue weighted by atomic mass is 10.4. The molecule has 2 aromatic heterocycles. The number of thiazole rings is 1. The summed E-state index contributed by atoms with van der Waals surface area (Å²) in [6, 6.07) is 0. The number of rotatable bonds is 1. The minimum atomic E-state index is 0.915. The molecule has 2 aromatic rings. The van der Waals surface area contributed by atoms with Crippen molar-refractivity contribution in [3.63, 3.8) is 0 Å². The van der Waals surface area contributed by atoms with Crippen molar-refractivity contribution in [2.24, 2.45) is 0 Å². The molecule has 2 rings (SSSR count). The third-order valence-corrected chi connectivity index (χ3v) is 2.09. The lowest BCUT2D eigenvalue weighted by Crippen LogP contribution is -1.91. The molecule has 0 aromatic carbocycles. The SMILES string of the molecule is Cc1cnn(-c2nccs2)c1. The Bertz CT molecular complexity index is 336. The lowest BCUT2D eigenvalue weighted by molar-refractivity contribution is 0.869. The Balaban J connectivity index is 2.45. The summed E-state index contributed by atoms with van der Waals surface area (Å²) in [5.41, 5.74) is 1.15. The maximum absolute atomic E-state index is 4.12. The van der Waals surface area contributed by atoms with Crippen molar-refractivity contribution < 1.29 is 0 Å². The first-order valence-corrected chi connectivity index (χ1v) is 4.15. The molecule has 56 valence electrons. The van der Waals surface area contributed by atoms with Crippen LogP contribution in [0.25, 0.3) is 5.13 Å². The molecule has 2 heterocycles. The fourth-order valence-electron chi connectivity index (χ4n) is 0.846. The average molecular weight is 165 g/mol. The topological polar surface area (TPSA) is 30.7 Å². The summed E-state index contributed by atoms with van der Waals surface area (Å²) in [7, 11) is 0. The van der Waals surface area contributed by atoms with Gasteiger partial charge in [-0.1, -0.05) is 0 Å². The van der Waals surface area contributed by atoms with Crippen molar-refractivity contribution in [2.45, 2.75) is 6.92 Å². The van der Waals surface area contributed by atoms with Gasteiger partial charge in [-0.05, 0) is 12.5 Å². The van der Waals surface area contributed by atoms with E-state index in [4.69, 9.17) is 0 Å². The highest BCUT2D eigenvalue weighted by Crippen LogP contribution is 2.09. The molecule has 0 N–H and O–H groups in total. The molecule has 0 atom stereocenters. The number of hydrogen-bond acceptors (Lipinski definition) is 3. The quantitative estimate of drug-likeness (QED) is 0.643. The molecule has 4 heteroatoms. The van der Waals surface area contributed by atoms with Crippen LogP contribution in [0.4, 0.5) is 0 Å². The van der Waals surface area contributed by atoms with E-state index < -0.39 is 0 Å². The molecule has 0 fully saturated rings. The van der Waals surface area contributed by atoms with Gasteiger partial charge in [-0.3, -0.25) is 0 Å². The maximum Gasteiger partial charge on any atom is 0.210 e. The fraction of sp³-hybridized carbons (Fsp3) is 0.143. The van der Waals surface area contributed by atoms with Crippen LogP contribution in [0.3, 0.4) is 0 Å². The third kappa shape index (κ3) is 1.17. The van der Waals surface area contributed by atoms with E-state index in [1.807, 2.05) is 24.7 Å². The summed E-state index contributed by atoms with van der Waals surface area (Å²) in [4.78, 5) is 4.12. The van der Waals surface area contributed by atoms with E-state index in [9.17, 15) is 0 Å². The van der Waals surface area contributed by atoms with Crippen LogP contribution in [0.2, 0.25) is 0 Å².